The number of nitrogens with one attached hydrogen (secondary N) is 2. The molecule has 1 fully saturated rings. The molecule has 0 saturated carbocycles. The maximum Gasteiger partial charge on any atom is 0.410 e. The van der Waals surface area contributed by atoms with Crippen molar-refractivity contribution in [3.8, 4) is 22.6 Å². The molecule has 2 heterocycles. The lowest BCUT2D eigenvalue weighted by molar-refractivity contribution is 0.204. The number of nitrogens with two attached hydrogens (primary N) is 1. The number of ether oxygens (including phenoxy) is 2. The van der Waals surface area contributed by atoms with Gasteiger partial charge in [0, 0.05) is 24.2 Å². The van der Waals surface area contributed by atoms with Crippen molar-refractivity contribution in [1.29, 1.82) is 0 Å². The number of hydrogen-bond donors (Lipinski definition) is 3. The molecule has 116 valence electrons. The predicted molar refractivity (Wildman–Crippen MR) is 80.7 cm³/mol. The van der Waals surface area contributed by atoms with Crippen molar-refractivity contribution in [2.75, 3.05) is 19.7 Å². The zero-order valence-electron chi connectivity index (χ0n) is 12.0. The van der Waals surface area contributed by atoms with Gasteiger partial charge in [-0.1, -0.05) is 6.07 Å². The summed E-state index contributed by atoms with van der Waals surface area (Å²) in [7, 11) is 0. The van der Waals surface area contributed by atoms with Gasteiger partial charge in [-0.15, -0.1) is 0 Å². The molecule has 0 bridgehead atoms. The van der Waals surface area contributed by atoms with Crippen molar-refractivity contribution in [2.24, 2.45) is 11.7 Å². The molecule has 4 N–H and O–H groups in total. The maximum absolute atomic E-state index is 11.0. The van der Waals surface area contributed by atoms with Gasteiger partial charge >= 0.3 is 6.09 Å². The number of primary amides is 1. The Labute approximate surface area is 127 Å². The van der Waals surface area contributed by atoms with Gasteiger partial charge in [0.1, 0.15) is 0 Å². The summed E-state index contributed by atoms with van der Waals surface area (Å²) in [6.45, 7) is 2.51. The van der Waals surface area contributed by atoms with E-state index in [0.29, 0.717) is 24.0 Å². The van der Waals surface area contributed by atoms with Crippen LogP contribution in [0.15, 0.2) is 30.6 Å². The van der Waals surface area contributed by atoms with Crippen LogP contribution in [0.2, 0.25) is 0 Å². The zero-order valence-corrected chi connectivity index (χ0v) is 12.0. The molecule has 1 aliphatic heterocycles. The minimum absolute atomic E-state index is 0.325. The fourth-order valence-electron chi connectivity index (χ4n) is 2.47. The number of H-pyrrole nitrogens is 1. The van der Waals surface area contributed by atoms with E-state index in [1.54, 1.807) is 18.5 Å². The van der Waals surface area contributed by atoms with E-state index in [1.807, 2.05) is 12.1 Å². The lowest BCUT2D eigenvalue weighted by Crippen LogP contribution is -2.18. The van der Waals surface area contributed by atoms with Crippen LogP contribution in [-0.2, 0) is 0 Å². The first-order chi connectivity index (χ1) is 10.7. The van der Waals surface area contributed by atoms with Gasteiger partial charge in [0.2, 0.25) is 0 Å². The molecule has 1 atom stereocenters. The van der Waals surface area contributed by atoms with Gasteiger partial charge in [0.05, 0.1) is 12.8 Å². The van der Waals surface area contributed by atoms with Crippen LogP contribution in [0.3, 0.4) is 0 Å². The quantitative estimate of drug-likeness (QED) is 0.777. The summed E-state index contributed by atoms with van der Waals surface area (Å²) in [6.07, 6.45) is 3.72. The Morgan fingerprint density at radius 1 is 1.36 bits per heavy atom. The predicted octanol–water partition coefficient (Wildman–Crippen LogP) is 1.52. The minimum Gasteiger partial charge on any atom is -0.489 e. The van der Waals surface area contributed by atoms with Crippen LogP contribution in [-0.4, -0.2) is 36.0 Å². The second-order valence-corrected chi connectivity index (χ2v) is 5.24. The number of carbonyl (C=O) groups excluding carboxylic acids is 1. The van der Waals surface area contributed by atoms with Crippen molar-refractivity contribution in [3.05, 3.63) is 30.6 Å². The standard InChI is InChI=1S/C15H18N4O3/c16-15(20)22-13-2-1-11(12-7-18-19-8-12)5-14(13)21-9-10-3-4-17-6-10/h1-2,5,7-8,10,17H,3-4,6,9H2,(H2,16,20)(H,18,19). The van der Waals surface area contributed by atoms with Crippen LogP contribution in [0.5, 0.6) is 11.5 Å². The smallest absolute Gasteiger partial charge is 0.410 e. The summed E-state index contributed by atoms with van der Waals surface area (Å²) in [5, 5.41) is 9.99. The van der Waals surface area contributed by atoms with Gasteiger partial charge < -0.3 is 20.5 Å². The third kappa shape index (κ3) is 3.37. The van der Waals surface area contributed by atoms with E-state index in [1.165, 1.54) is 0 Å². The normalized spacial score (nSPS) is 17.4. The molecule has 1 amide bonds. The van der Waals surface area contributed by atoms with Crippen LogP contribution in [0.1, 0.15) is 6.42 Å². The molecule has 0 aliphatic carbocycles. The summed E-state index contributed by atoms with van der Waals surface area (Å²) in [5.74, 6) is 1.29. The highest BCUT2D eigenvalue weighted by Gasteiger charge is 2.17. The van der Waals surface area contributed by atoms with E-state index in [9.17, 15) is 4.79 Å². The molecule has 2 aromatic rings. The van der Waals surface area contributed by atoms with E-state index >= 15 is 0 Å². The van der Waals surface area contributed by atoms with Gasteiger partial charge in [0.25, 0.3) is 0 Å². The molecule has 7 heteroatoms. The first-order valence-corrected chi connectivity index (χ1v) is 7.16. The summed E-state index contributed by atoms with van der Waals surface area (Å²) in [6, 6.07) is 5.33. The monoisotopic (exact) mass is 302 g/mol. The Hall–Kier alpha value is -2.54. The van der Waals surface area contributed by atoms with E-state index < -0.39 is 6.09 Å². The molecule has 1 saturated heterocycles. The number of aromatic nitrogens is 2. The Morgan fingerprint density at radius 2 is 2.27 bits per heavy atom. The average Bonchev–Trinajstić information content (AvgIpc) is 3.19. The lowest BCUT2D eigenvalue weighted by Gasteiger charge is -2.14. The molecular weight excluding hydrogens is 284 g/mol. The van der Waals surface area contributed by atoms with E-state index in [4.69, 9.17) is 15.2 Å². The minimum atomic E-state index is -0.858. The third-order valence-corrected chi connectivity index (χ3v) is 3.62. The van der Waals surface area contributed by atoms with Gasteiger partial charge in [-0.3, -0.25) is 5.10 Å². The molecule has 22 heavy (non-hydrogen) atoms. The average molecular weight is 302 g/mol. The Kier molecular flexibility index (Phi) is 4.24. The Balaban J connectivity index is 1.81. The Bertz CT molecular complexity index is 636. The third-order valence-electron chi connectivity index (χ3n) is 3.62. The molecular formula is C15H18N4O3. The fourth-order valence-corrected chi connectivity index (χ4v) is 2.47. The molecule has 1 aliphatic rings. The van der Waals surface area contributed by atoms with Gasteiger partial charge in [0.15, 0.2) is 11.5 Å². The number of benzene rings is 1. The van der Waals surface area contributed by atoms with Crippen molar-refractivity contribution in [2.45, 2.75) is 6.42 Å². The van der Waals surface area contributed by atoms with Crippen LogP contribution in [0, 0.1) is 5.92 Å². The van der Waals surface area contributed by atoms with E-state index in [2.05, 4.69) is 15.5 Å². The molecule has 0 spiro atoms. The van der Waals surface area contributed by atoms with Crippen LogP contribution in [0.4, 0.5) is 4.79 Å². The number of amides is 1. The highest BCUT2D eigenvalue weighted by molar-refractivity contribution is 5.71. The summed E-state index contributed by atoms with van der Waals surface area (Å²) >= 11 is 0. The molecule has 1 aromatic heterocycles. The summed E-state index contributed by atoms with van der Waals surface area (Å²) < 4.78 is 10.9. The van der Waals surface area contributed by atoms with Gasteiger partial charge in [-0.05, 0) is 30.7 Å². The number of nitrogens with zero attached hydrogens (tertiary/aromatic N) is 1. The molecule has 1 aromatic carbocycles. The summed E-state index contributed by atoms with van der Waals surface area (Å²) in [5.41, 5.74) is 6.95. The highest BCUT2D eigenvalue weighted by Crippen LogP contribution is 2.33. The molecule has 3 rings (SSSR count). The van der Waals surface area contributed by atoms with Crippen molar-refractivity contribution >= 4 is 6.09 Å². The maximum atomic E-state index is 11.0. The van der Waals surface area contributed by atoms with Crippen LogP contribution in [0.25, 0.3) is 11.1 Å². The number of carbonyl (C=O) groups is 1. The fraction of sp³-hybridized carbons (Fsp3) is 0.333. The van der Waals surface area contributed by atoms with Crippen molar-refractivity contribution in [1.82, 2.24) is 15.5 Å². The molecule has 0 radical (unpaired) electrons. The van der Waals surface area contributed by atoms with Crippen molar-refractivity contribution in [3.63, 3.8) is 0 Å². The molecule has 1 unspecified atom stereocenters. The van der Waals surface area contributed by atoms with Gasteiger partial charge in [-0.2, -0.15) is 5.10 Å². The van der Waals surface area contributed by atoms with E-state index in [0.717, 1.165) is 30.6 Å². The lowest BCUT2D eigenvalue weighted by atomic mass is 10.1. The summed E-state index contributed by atoms with van der Waals surface area (Å²) in [4.78, 5) is 11.0. The van der Waals surface area contributed by atoms with Crippen molar-refractivity contribution < 1.29 is 14.3 Å². The van der Waals surface area contributed by atoms with Crippen LogP contribution >= 0.6 is 0 Å². The largest absolute Gasteiger partial charge is 0.489 e. The first-order valence-electron chi connectivity index (χ1n) is 7.16. The molecule has 7 nitrogen and oxygen atoms in total. The van der Waals surface area contributed by atoms with E-state index in [-0.39, 0.29) is 0 Å². The van der Waals surface area contributed by atoms with Gasteiger partial charge in [-0.25, -0.2) is 4.79 Å². The first kappa shape index (κ1) is 14.4. The second kappa shape index (κ2) is 6.48. The zero-order chi connectivity index (χ0) is 15.4. The topological polar surface area (TPSA) is 102 Å². The Morgan fingerprint density at radius 3 is 2.95 bits per heavy atom. The van der Waals surface area contributed by atoms with Crippen LogP contribution < -0.4 is 20.5 Å². The number of hydrogen-bond acceptors (Lipinski definition) is 5. The SMILES string of the molecule is NC(=O)Oc1ccc(-c2cn[nH]c2)cc1OCC1CCNC1. The number of rotatable bonds is 5. The highest BCUT2D eigenvalue weighted by atomic mass is 16.6. The number of aromatic amines is 1. The second-order valence-electron chi connectivity index (χ2n) is 5.24.